The second-order valence-corrected chi connectivity index (χ2v) is 20.9. The molecule has 6 heteroatoms. The van der Waals surface area contributed by atoms with Crippen molar-refractivity contribution in [1.29, 1.82) is 5.26 Å². The Morgan fingerprint density at radius 1 is 0.893 bits per heavy atom. The van der Waals surface area contributed by atoms with E-state index in [1.165, 1.54) is 17.7 Å². The van der Waals surface area contributed by atoms with Gasteiger partial charge in [0.15, 0.2) is 0 Å². The summed E-state index contributed by atoms with van der Waals surface area (Å²) in [6.45, 7) is 10.8. The third kappa shape index (κ3) is 8.82. The first-order chi connectivity index (χ1) is 28.4. The Kier molecular flexibility index (Phi) is 10.9. The van der Waals surface area contributed by atoms with Crippen LogP contribution in [-0.2, 0) is 20.1 Å². The van der Waals surface area contributed by atoms with E-state index >= 15 is 0 Å². The molecule has 7 aromatic rings. The van der Waals surface area contributed by atoms with Gasteiger partial charge in [0, 0.05) is 50.8 Å². The van der Waals surface area contributed by atoms with E-state index < -0.39 is 26.7 Å². The van der Waals surface area contributed by atoms with Crippen molar-refractivity contribution in [2.45, 2.75) is 91.2 Å². The van der Waals surface area contributed by atoms with Crippen LogP contribution in [0.2, 0.25) is 19.6 Å². The molecule has 1 fully saturated rings. The number of rotatable bonds is 7. The Hall–Kier alpha value is -4.66. The fourth-order valence-electron chi connectivity index (χ4n) is 7.39. The fraction of sp³-hybridized carbons (Fsp3) is 0.300. The zero-order valence-electron chi connectivity index (χ0n) is 38.0. The molecule has 0 bridgehead atoms. The summed E-state index contributed by atoms with van der Waals surface area (Å²) in [7, 11) is -1.66. The Morgan fingerprint density at radius 3 is 2.36 bits per heavy atom. The number of aryl methyl sites for hydroxylation is 1. The number of hydrogen-bond acceptors (Lipinski definition) is 4. The Labute approximate surface area is 354 Å². The average molecular weight is 935 g/mol. The molecule has 1 radical (unpaired) electrons. The van der Waals surface area contributed by atoms with Crippen molar-refractivity contribution < 1.29 is 31.4 Å². The zero-order valence-corrected chi connectivity index (χ0v) is 36.4. The first-order valence-electron chi connectivity index (χ1n) is 21.8. The summed E-state index contributed by atoms with van der Waals surface area (Å²) in [4.78, 5) is 9.24. The summed E-state index contributed by atoms with van der Waals surface area (Å²) in [5.41, 5.74) is 9.28. The molecule has 56 heavy (non-hydrogen) atoms. The molecule has 0 amide bonds. The van der Waals surface area contributed by atoms with E-state index in [1.807, 2.05) is 61.7 Å². The van der Waals surface area contributed by atoms with Gasteiger partial charge in [-0.3, -0.25) is 0 Å². The van der Waals surface area contributed by atoms with E-state index in [-0.39, 0.29) is 31.6 Å². The van der Waals surface area contributed by atoms with E-state index in [1.54, 1.807) is 24.4 Å². The number of furan rings is 1. The van der Waals surface area contributed by atoms with E-state index in [2.05, 4.69) is 79.9 Å². The minimum atomic E-state index is -2.13. The van der Waals surface area contributed by atoms with Gasteiger partial charge in [0.1, 0.15) is 5.58 Å². The number of pyridine rings is 2. The van der Waals surface area contributed by atoms with Gasteiger partial charge in [-0.05, 0) is 81.3 Å². The first kappa shape index (κ1) is 34.6. The minimum Gasteiger partial charge on any atom is -0.501 e. The molecule has 1 aliphatic rings. The molecule has 287 valence electrons. The van der Waals surface area contributed by atoms with Gasteiger partial charge in [-0.1, -0.05) is 138 Å². The van der Waals surface area contributed by atoms with Gasteiger partial charge in [0.2, 0.25) is 0 Å². The standard InChI is InChI=1S/C30H23N2O.C20H28NSi.Ir/c31-19-24-12-13-25(27-17-23(15-16-32-27)21-9-5-2-6-10-21)30-29(24)26-14-11-22(18-28(26)33-30)20-7-3-1-4-8-20;1-14(2)16(4)18-12-19(17-10-8-15(3)9-11-17)21-13-20(18)22(5,6)7;/h1,3-4,7-8,11-12,14-18,21H,2,5-6,9-10H2;8-10,12-14,16H,1-7H3;/q2*-1;/i21D;3D3,16D;. The maximum absolute atomic E-state index is 9.80. The van der Waals surface area contributed by atoms with Crippen molar-refractivity contribution in [3.05, 3.63) is 138 Å². The van der Waals surface area contributed by atoms with Crippen LogP contribution in [0.5, 0.6) is 0 Å². The smallest absolute Gasteiger partial charge is 0.121 e. The predicted molar refractivity (Wildman–Crippen MR) is 231 cm³/mol. The van der Waals surface area contributed by atoms with Crippen molar-refractivity contribution in [1.82, 2.24) is 9.97 Å². The topological polar surface area (TPSA) is 62.7 Å². The number of hydrogen-bond donors (Lipinski definition) is 0. The second-order valence-electron chi connectivity index (χ2n) is 15.9. The van der Waals surface area contributed by atoms with Crippen LogP contribution in [0.15, 0.2) is 108 Å². The van der Waals surface area contributed by atoms with Crippen LogP contribution in [0.4, 0.5) is 0 Å². The van der Waals surface area contributed by atoms with Gasteiger partial charge in [0.05, 0.1) is 13.7 Å². The number of nitrogens with zero attached hydrogens (tertiary/aromatic N) is 3. The van der Waals surface area contributed by atoms with Crippen molar-refractivity contribution in [2.24, 2.45) is 5.92 Å². The van der Waals surface area contributed by atoms with Gasteiger partial charge in [-0.25, -0.2) is 5.26 Å². The summed E-state index contributed by atoms with van der Waals surface area (Å²) >= 11 is 0. The predicted octanol–water partition coefficient (Wildman–Crippen LogP) is 13.2. The van der Waals surface area contributed by atoms with Crippen LogP contribution in [0.25, 0.3) is 55.6 Å². The summed E-state index contributed by atoms with van der Waals surface area (Å²) in [6.07, 6.45) is 8.81. The number of aromatic nitrogens is 2. The van der Waals surface area contributed by atoms with Gasteiger partial charge in [0.25, 0.3) is 0 Å². The van der Waals surface area contributed by atoms with E-state index in [0.29, 0.717) is 11.1 Å². The van der Waals surface area contributed by atoms with Crippen molar-refractivity contribution in [3.8, 4) is 39.7 Å². The van der Waals surface area contributed by atoms with Crippen molar-refractivity contribution in [2.75, 3.05) is 0 Å². The molecule has 1 saturated carbocycles. The molecule has 1 atom stereocenters. The SMILES string of the molecule is [2H]C([2H])([2H])c1c[c-]c(-c2cc(C([2H])(C)C(C)C)c([Si](C)(C)C)cn2)cc1.[2H]C1(c2ccnc(-c3[c-]cc(C#N)c4c3oc3cc(-c5ccccc5)ccc34)c2)CCCCC1.[Ir]. The molecule has 3 aromatic heterocycles. The van der Waals surface area contributed by atoms with E-state index in [9.17, 15) is 5.26 Å². The number of nitriles is 1. The molecule has 0 N–H and O–H groups in total. The maximum atomic E-state index is 9.80. The Morgan fingerprint density at radius 2 is 1.68 bits per heavy atom. The monoisotopic (exact) mass is 935 g/mol. The van der Waals surface area contributed by atoms with Gasteiger partial charge in [-0.15, -0.1) is 47.5 Å². The van der Waals surface area contributed by atoms with Gasteiger partial charge >= 0.3 is 0 Å². The Bertz CT molecular complexity index is 2690. The normalized spacial score (nSPS) is 16.5. The molecule has 0 aliphatic heterocycles. The van der Waals surface area contributed by atoms with Crippen LogP contribution in [0.3, 0.4) is 0 Å². The van der Waals surface area contributed by atoms with Crippen LogP contribution in [0, 0.1) is 36.2 Å². The second kappa shape index (κ2) is 17.6. The largest absolute Gasteiger partial charge is 0.501 e. The van der Waals surface area contributed by atoms with Gasteiger partial charge < -0.3 is 14.4 Å². The third-order valence-electron chi connectivity index (χ3n) is 10.7. The maximum Gasteiger partial charge on any atom is 0.121 e. The van der Waals surface area contributed by atoms with Crippen LogP contribution in [-0.4, -0.2) is 18.0 Å². The van der Waals surface area contributed by atoms with E-state index in [0.717, 1.165) is 86.8 Å². The van der Waals surface area contributed by atoms with E-state index in [4.69, 9.17) is 11.3 Å². The quantitative estimate of drug-likeness (QED) is 0.118. The summed E-state index contributed by atoms with van der Waals surface area (Å²) < 4.78 is 46.8. The van der Waals surface area contributed by atoms with Crippen LogP contribution < -0.4 is 5.19 Å². The minimum absolute atomic E-state index is 0. The molecule has 4 nitrogen and oxygen atoms in total. The molecule has 0 spiro atoms. The molecule has 1 unspecified atom stereocenters. The third-order valence-corrected chi connectivity index (χ3v) is 12.8. The van der Waals surface area contributed by atoms with Crippen LogP contribution in [0.1, 0.15) is 93.8 Å². The molecular weight excluding hydrogens is 879 g/mol. The molecule has 4 aromatic carbocycles. The number of benzene rings is 4. The number of fused-ring (bicyclic) bond motifs is 3. The molecular formula is C50H51IrN3OSi-2. The summed E-state index contributed by atoms with van der Waals surface area (Å²) in [5.74, 6) is -1.12. The molecule has 1 aliphatic carbocycles. The molecule has 0 saturated heterocycles. The first-order valence-corrected chi connectivity index (χ1v) is 22.8. The fourth-order valence-corrected chi connectivity index (χ4v) is 8.92. The van der Waals surface area contributed by atoms with Gasteiger partial charge in [-0.2, -0.15) is 0 Å². The summed E-state index contributed by atoms with van der Waals surface area (Å²) in [5, 5.41) is 12.7. The Balaban J connectivity index is 0.000000209. The van der Waals surface area contributed by atoms with Crippen LogP contribution >= 0.6 is 0 Å². The summed E-state index contributed by atoms with van der Waals surface area (Å²) in [6, 6.07) is 37.5. The molecule has 8 rings (SSSR count). The average Bonchev–Trinajstić information content (AvgIpc) is 3.62. The molecule has 3 heterocycles. The van der Waals surface area contributed by atoms with Crippen molar-refractivity contribution >= 4 is 35.2 Å². The zero-order chi connectivity index (χ0) is 43.0. The van der Waals surface area contributed by atoms with Crippen molar-refractivity contribution in [3.63, 3.8) is 0 Å².